The van der Waals surface area contributed by atoms with Gasteiger partial charge in [0.25, 0.3) is 0 Å². The summed E-state index contributed by atoms with van der Waals surface area (Å²) in [6, 6.07) is 8.85. The summed E-state index contributed by atoms with van der Waals surface area (Å²) in [5.74, 6) is 0.938. The van der Waals surface area contributed by atoms with Crippen LogP contribution in [0.15, 0.2) is 24.3 Å². The fraction of sp³-hybridized carbons (Fsp3) is 0.571. The number of hydrogen-bond acceptors (Lipinski definition) is 4. The van der Waals surface area contributed by atoms with Gasteiger partial charge in [-0.15, -0.1) is 0 Å². The van der Waals surface area contributed by atoms with Crippen LogP contribution in [-0.2, 0) is 4.74 Å². The van der Waals surface area contributed by atoms with E-state index in [1.807, 2.05) is 25.2 Å². The molecule has 2 rings (SSSR count). The summed E-state index contributed by atoms with van der Waals surface area (Å²) >= 11 is 0. The van der Waals surface area contributed by atoms with Crippen molar-refractivity contribution in [3.05, 3.63) is 29.8 Å². The fourth-order valence-electron chi connectivity index (χ4n) is 2.41. The molecular weight excluding hydrogens is 228 g/mol. The smallest absolute Gasteiger partial charge is 0.123 e. The summed E-state index contributed by atoms with van der Waals surface area (Å²) in [5, 5.41) is 6.85. The maximum Gasteiger partial charge on any atom is 0.123 e. The van der Waals surface area contributed by atoms with Gasteiger partial charge in [0.2, 0.25) is 0 Å². The summed E-state index contributed by atoms with van der Waals surface area (Å²) in [5.41, 5.74) is 1.20. The minimum atomic E-state index is 0.278. The van der Waals surface area contributed by atoms with E-state index in [-0.39, 0.29) is 6.04 Å². The van der Waals surface area contributed by atoms with Crippen LogP contribution < -0.4 is 15.4 Å². The van der Waals surface area contributed by atoms with E-state index >= 15 is 0 Å². The summed E-state index contributed by atoms with van der Waals surface area (Å²) in [6.45, 7) is 2.54. The van der Waals surface area contributed by atoms with Crippen LogP contribution in [0.4, 0.5) is 0 Å². The Morgan fingerprint density at radius 2 is 2.33 bits per heavy atom. The van der Waals surface area contributed by atoms with Crippen LogP contribution in [0.1, 0.15) is 18.0 Å². The van der Waals surface area contributed by atoms with E-state index in [1.165, 1.54) is 5.56 Å². The fourth-order valence-corrected chi connectivity index (χ4v) is 2.41. The summed E-state index contributed by atoms with van der Waals surface area (Å²) < 4.78 is 10.9. The molecule has 0 amide bonds. The Morgan fingerprint density at radius 1 is 1.50 bits per heavy atom. The van der Waals surface area contributed by atoms with Crippen molar-refractivity contribution in [2.75, 3.05) is 33.9 Å². The highest BCUT2D eigenvalue weighted by Crippen LogP contribution is 2.27. The summed E-state index contributed by atoms with van der Waals surface area (Å²) in [4.78, 5) is 0. The molecule has 1 aromatic carbocycles. The maximum atomic E-state index is 5.50. The van der Waals surface area contributed by atoms with Crippen LogP contribution in [-0.4, -0.2) is 40.0 Å². The topological polar surface area (TPSA) is 42.5 Å². The van der Waals surface area contributed by atoms with Crippen molar-refractivity contribution < 1.29 is 9.47 Å². The van der Waals surface area contributed by atoms with Crippen LogP contribution >= 0.6 is 0 Å². The van der Waals surface area contributed by atoms with E-state index in [4.69, 9.17) is 9.47 Å². The third-order valence-electron chi connectivity index (χ3n) is 3.38. The number of methoxy groups -OCH3 is 1. The van der Waals surface area contributed by atoms with Gasteiger partial charge in [-0.25, -0.2) is 0 Å². The van der Waals surface area contributed by atoms with E-state index in [9.17, 15) is 0 Å². The van der Waals surface area contributed by atoms with Gasteiger partial charge in [-0.1, -0.05) is 18.2 Å². The molecule has 0 aliphatic carbocycles. The van der Waals surface area contributed by atoms with Gasteiger partial charge < -0.3 is 20.1 Å². The Labute approximate surface area is 109 Å². The lowest BCUT2D eigenvalue weighted by molar-refractivity contribution is 0.0707. The summed E-state index contributed by atoms with van der Waals surface area (Å²) in [7, 11) is 3.70. The van der Waals surface area contributed by atoms with Gasteiger partial charge >= 0.3 is 0 Å². The van der Waals surface area contributed by atoms with Crippen LogP contribution in [0.2, 0.25) is 0 Å². The Hall–Kier alpha value is -1.10. The van der Waals surface area contributed by atoms with Gasteiger partial charge in [0, 0.05) is 24.2 Å². The number of ether oxygens (including phenoxy) is 2. The molecule has 1 aromatic rings. The lowest BCUT2D eigenvalue weighted by Crippen LogP contribution is -2.43. The highest BCUT2D eigenvalue weighted by molar-refractivity contribution is 5.35. The Morgan fingerprint density at radius 3 is 3.00 bits per heavy atom. The lowest BCUT2D eigenvalue weighted by atomic mass is 9.98. The predicted octanol–water partition coefficient (Wildman–Crippen LogP) is 1.33. The average molecular weight is 250 g/mol. The molecule has 2 N–H and O–H groups in total. The van der Waals surface area contributed by atoms with E-state index < -0.39 is 0 Å². The van der Waals surface area contributed by atoms with Gasteiger partial charge in [0.15, 0.2) is 0 Å². The highest BCUT2D eigenvalue weighted by atomic mass is 16.5. The first-order valence-electron chi connectivity index (χ1n) is 6.46. The number of para-hydroxylation sites is 1. The molecular formula is C14H22N2O2. The monoisotopic (exact) mass is 250 g/mol. The van der Waals surface area contributed by atoms with Gasteiger partial charge in [0.1, 0.15) is 5.75 Å². The number of hydrogen-bond donors (Lipinski definition) is 2. The molecule has 4 nitrogen and oxygen atoms in total. The van der Waals surface area contributed by atoms with Crippen molar-refractivity contribution in [3.63, 3.8) is 0 Å². The molecule has 1 fully saturated rings. The Kier molecular flexibility index (Phi) is 4.99. The minimum absolute atomic E-state index is 0.278. The first kappa shape index (κ1) is 13.3. The van der Waals surface area contributed by atoms with Crippen LogP contribution in [0, 0.1) is 0 Å². The first-order chi connectivity index (χ1) is 8.85. The third-order valence-corrected chi connectivity index (χ3v) is 3.38. The quantitative estimate of drug-likeness (QED) is 0.827. The molecule has 1 aliphatic rings. The van der Waals surface area contributed by atoms with Gasteiger partial charge in [-0.2, -0.15) is 0 Å². The molecule has 0 saturated carbocycles. The highest BCUT2D eigenvalue weighted by Gasteiger charge is 2.21. The molecule has 2 unspecified atom stereocenters. The Balaban J connectivity index is 2.07. The van der Waals surface area contributed by atoms with Crippen LogP contribution in [0.3, 0.4) is 0 Å². The molecule has 0 spiro atoms. The van der Waals surface area contributed by atoms with Gasteiger partial charge in [-0.05, 0) is 19.5 Å². The van der Waals surface area contributed by atoms with E-state index in [0.29, 0.717) is 6.04 Å². The second-order valence-corrected chi connectivity index (χ2v) is 4.54. The molecule has 2 atom stereocenters. The molecule has 1 saturated heterocycles. The molecule has 0 bridgehead atoms. The third kappa shape index (κ3) is 3.22. The summed E-state index contributed by atoms with van der Waals surface area (Å²) in [6.07, 6.45) is 0.997. The van der Waals surface area contributed by atoms with Crippen molar-refractivity contribution in [1.82, 2.24) is 10.6 Å². The molecule has 100 valence electrons. The number of morpholine rings is 1. The number of benzene rings is 1. The Bertz CT molecular complexity index is 365. The minimum Gasteiger partial charge on any atom is -0.496 e. The first-order valence-corrected chi connectivity index (χ1v) is 6.46. The molecule has 0 radical (unpaired) electrons. The standard InChI is InChI=1S/C14H22N2O2/c1-15-13(9-11-10-18-8-7-16-11)12-5-3-4-6-14(12)17-2/h3-6,11,13,15-16H,7-10H2,1-2H3. The van der Waals surface area contributed by atoms with Gasteiger partial charge in [-0.3, -0.25) is 0 Å². The van der Waals surface area contributed by atoms with Crippen molar-refractivity contribution in [1.29, 1.82) is 0 Å². The SMILES string of the molecule is CNC(CC1COCCN1)c1ccccc1OC. The molecule has 18 heavy (non-hydrogen) atoms. The van der Waals surface area contributed by atoms with Crippen molar-refractivity contribution in [2.45, 2.75) is 18.5 Å². The second-order valence-electron chi connectivity index (χ2n) is 4.54. The molecule has 1 heterocycles. The number of rotatable bonds is 5. The lowest BCUT2D eigenvalue weighted by Gasteiger charge is -2.28. The van der Waals surface area contributed by atoms with Crippen LogP contribution in [0.5, 0.6) is 5.75 Å². The van der Waals surface area contributed by atoms with E-state index in [0.717, 1.165) is 31.9 Å². The normalized spacial score (nSPS) is 21.6. The van der Waals surface area contributed by atoms with Crippen molar-refractivity contribution in [3.8, 4) is 5.75 Å². The zero-order chi connectivity index (χ0) is 12.8. The second kappa shape index (κ2) is 6.73. The van der Waals surface area contributed by atoms with Gasteiger partial charge in [0.05, 0.1) is 20.3 Å². The zero-order valence-corrected chi connectivity index (χ0v) is 11.1. The van der Waals surface area contributed by atoms with Crippen LogP contribution in [0.25, 0.3) is 0 Å². The maximum absolute atomic E-state index is 5.50. The molecule has 4 heteroatoms. The van der Waals surface area contributed by atoms with E-state index in [1.54, 1.807) is 7.11 Å². The average Bonchev–Trinajstić information content (AvgIpc) is 2.46. The predicted molar refractivity (Wildman–Crippen MR) is 72.0 cm³/mol. The molecule has 1 aliphatic heterocycles. The largest absolute Gasteiger partial charge is 0.496 e. The van der Waals surface area contributed by atoms with Crippen molar-refractivity contribution in [2.24, 2.45) is 0 Å². The van der Waals surface area contributed by atoms with Crippen molar-refractivity contribution >= 4 is 0 Å². The van der Waals surface area contributed by atoms with E-state index in [2.05, 4.69) is 16.7 Å². The number of nitrogens with one attached hydrogen (secondary N) is 2. The zero-order valence-electron chi connectivity index (χ0n) is 11.1. The molecule has 0 aromatic heterocycles.